The van der Waals surface area contributed by atoms with Gasteiger partial charge in [-0.1, -0.05) is 0 Å². The summed E-state index contributed by atoms with van der Waals surface area (Å²) in [5, 5.41) is 7.73. The highest BCUT2D eigenvalue weighted by Gasteiger charge is 2.30. The molecule has 34 heavy (non-hydrogen) atoms. The predicted octanol–water partition coefficient (Wildman–Crippen LogP) is 4.05. The molecular weight excluding hydrogens is 432 g/mol. The molecule has 2 N–H and O–H groups in total. The smallest absolute Gasteiger partial charge is 0.229 e. The minimum absolute atomic E-state index is 0.0181. The molecule has 6 rings (SSSR count). The third kappa shape index (κ3) is 3.92. The molecule has 0 spiro atoms. The van der Waals surface area contributed by atoms with Crippen LogP contribution >= 0.6 is 0 Å². The number of ether oxygens (including phenoxy) is 1. The first-order valence-corrected chi connectivity index (χ1v) is 11.7. The topological polar surface area (TPSA) is 105 Å². The fourth-order valence-electron chi connectivity index (χ4n) is 4.38. The first-order chi connectivity index (χ1) is 16.7. The zero-order valence-corrected chi connectivity index (χ0v) is 19.0. The summed E-state index contributed by atoms with van der Waals surface area (Å²) in [5.41, 5.74) is 3.37. The molecule has 9 heteroatoms. The number of hydrogen-bond donors (Lipinski definition) is 2. The van der Waals surface area contributed by atoms with E-state index >= 15 is 0 Å². The van der Waals surface area contributed by atoms with Crippen molar-refractivity contribution < 1.29 is 13.9 Å². The van der Waals surface area contributed by atoms with Gasteiger partial charge in [0.05, 0.1) is 12.2 Å². The molecular formula is C25H26N6O3. The number of benzene rings is 1. The maximum atomic E-state index is 12.3. The van der Waals surface area contributed by atoms with Gasteiger partial charge in [0.2, 0.25) is 11.8 Å². The van der Waals surface area contributed by atoms with Gasteiger partial charge in [-0.2, -0.15) is 0 Å². The SMILES string of the molecule is CNc1ncc(-c2nc3cc(N4CCCOCC4)ccc3o2)c2cc(NC(=O)C3CC3)ncc12. The lowest BCUT2D eigenvalue weighted by Crippen LogP contribution is -2.25. The monoisotopic (exact) mass is 458 g/mol. The van der Waals surface area contributed by atoms with Crippen molar-refractivity contribution in [3.05, 3.63) is 36.7 Å². The van der Waals surface area contributed by atoms with E-state index in [1.165, 1.54) is 0 Å². The van der Waals surface area contributed by atoms with E-state index in [1.54, 1.807) is 12.4 Å². The second-order valence-electron chi connectivity index (χ2n) is 8.77. The minimum atomic E-state index is 0.0181. The number of anilines is 3. The van der Waals surface area contributed by atoms with Crippen LogP contribution in [-0.4, -0.2) is 54.2 Å². The Balaban J connectivity index is 1.40. The normalized spacial score (nSPS) is 16.6. The minimum Gasteiger partial charge on any atom is -0.436 e. The molecule has 1 aliphatic carbocycles. The molecule has 1 aliphatic heterocycles. The van der Waals surface area contributed by atoms with Crippen molar-refractivity contribution in [2.75, 3.05) is 48.9 Å². The quantitative estimate of drug-likeness (QED) is 0.461. The van der Waals surface area contributed by atoms with Crippen LogP contribution in [0.5, 0.6) is 0 Å². The average molecular weight is 459 g/mol. The molecule has 2 fully saturated rings. The molecule has 1 saturated heterocycles. The Morgan fingerprint density at radius 1 is 1.09 bits per heavy atom. The van der Waals surface area contributed by atoms with Crippen molar-refractivity contribution in [2.24, 2.45) is 5.92 Å². The van der Waals surface area contributed by atoms with Crippen LogP contribution in [-0.2, 0) is 9.53 Å². The van der Waals surface area contributed by atoms with Crippen molar-refractivity contribution in [3.63, 3.8) is 0 Å². The summed E-state index contributed by atoms with van der Waals surface area (Å²) >= 11 is 0. The number of carbonyl (C=O) groups excluding carboxylic acids is 1. The number of hydrogen-bond acceptors (Lipinski definition) is 8. The molecule has 0 atom stereocenters. The second kappa shape index (κ2) is 8.57. The summed E-state index contributed by atoms with van der Waals surface area (Å²) in [6.07, 6.45) is 6.35. The van der Waals surface area contributed by atoms with Crippen LogP contribution in [0.15, 0.2) is 41.1 Å². The number of nitrogens with zero attached hydrogens (tertiary/aromatic N) is 4. The first-order valence-electron chi connectivity index (χ1n) is 11.7. The third-order valence-electron chi connectivity index (χ3n) is 6.40. The number of carbonyl (C=O) groups is 1. The van der Waals surface area contributed by atoms with E-state index in [1.807, 2.05) is 19.2 Å². The highest BCUT2D eigenvalue weighted by atomic mass is 16.5. The molecule has 0 unspecified atom stereocenters. The number of rotatable bonds is 5. The van der Waals surface area contributed by atoms with Crippen molar-refractivity contribution in [1.82, 2.24) is 15.0 Å². The van der Waals surface area contributed by atoms with Crippen LogP contribution in [0, 0.1) is 5.92 Å². The van der Waals surface area contributed by atoms with Crippen molar-refractivity contribution in [2.45, 2.75) is 19.3 Å². The number of fused-ring (bicyclic) bond motifs is 2. The highest BCUT2D eigenvalue weighted by Crippen LogP contribution is 2.35. The van der Waals surface area contributed by atoms with Gasteiger partial charge in [0.25, 0.3) is 0 Å². The summed E-state index contributed by atoms with van der Waals surface area (Å²) in [6, 6.07) is 7.96. The Morgan fingerprint density at radius 2 is 2.00 bits per heavy atom. The molecule has 9 nitrogen and oxygen atoms in total. The fourth-order valence-corrected chi connectivity index (χ4v) is 4.38. The number of aromatic nitrogens is 3. The Hall–Kier alpha value is -3.72. The van der Waals surface area contributed by atoms with Gasteiger partial charge in [0.1, 0.15) is 17.2 Å². The lowest BCUT2D eigenvalue weighted by Gasteiger charge is -2.21. The van der Waals surface area contributed by atoms with Gasteiger partial charge in [-0.15, -0.1) is 0 Å². The van der Waals surface area contributed by atoms with E-state index in [9.17, 15) is 4.79 Å². The third-order valence-corrected chi connectivity index (χ3v) is 6.40. The maximum absolute atomic E-state index is 12.3. The molecule has 0 radical (unpaired) electrons. The van der Waals surface area contributed by atoms with Crippen LogP contribution in [0.1, 0.15) is 19.3 Å². The molecule has 1 aromatic carbocycles. The first kappa shape index (κ1) is 20.9. The summed E-state index contributed by atoms with van der Waals surface area (Å²) < 4.78 is 11.7. The molecule has 4 aromatic rings. The highest BCUT2D eigenvalue weighted by molar-refractivity contribution is 6.03. The second-order valence-corrected chi connectivity index (χ2v) is 8.77. The molecule has 1 saturated carbocycles. The lowest BCUT2D eigenvalue weighted by molar-refractivity contribution is -0.117. The molecule has 4 heterocycles. The number of oxazole rings is 1. The number of amides is 1. The van der Waals surface area contributed by atoms with Gasteiger partial charge >= 0.3 is 0 Å². The van der Waals surface area contributed by atoms with E-state index in [-0.39, 0.29) is 11.8 Å². The molecule has 1 amide bonds. The zero-order valence-electron chi connectivity index (χ0n) is 19.0. The van der Waals surface area contributed by atoms with Crippen molar-refractivity contribution >= 4 is 45.1 Å². The van der Waals surface area contributed by atoms with Crippen LogP contribution in [0.3, 0.4) is 0 Å². The summed E-state index contributed by atoms with van der Waals surface area (Å²) in [6.45, 7) is 3.34. The van der Waals surface area contributed by atoms with Crippen LogP contribution in [0.2, 0.25) is 0 Å². The lowest BCUT2D eigenvalue weighted by atomic mass is 10.1. The summed E-state index contributed by atoms with van der Waals surface area (Å²) in [5.74, 6) is 1.82. The zero-order chi connectivity index (χ0) is 23.1. The van der Waals surface area contributed by atoms with Gasteiger partial charge < -0.3 is 24.7 Å². The van der Waals surface area contributed by atoms with E-state index in [0.29, 0.717) is 23.1 Å². The Morgan fingerprint density at radius 3 is 2.85 bits per heavy atom. The van der Waals surface area contributed by atoms with Crippen LogP contribution in [0.4, 0.5) is 17.3 Å². The van der Waals surface area contributed by atoms with Gasteiger partial charge in [-0.25, -0.2) is 15.0 Å². The van der Waals surface area contributed by atoms with E-state index in [4.69, 9.17) is 14.1 Å². The standard InChI is InChI=1S/C25H26N6O3/c1-26-23-18-13-27-22(30-24(32)15-3-4-15)12-17(18)19(14-28-23)25-29-20-11-16(5-6-21(20)34-25)31-7-2-9-33-10-8-31/h5-6,11-15H,2-4,7-10H2,1H3,(H,26,28)(H,27,30,32). The maximum Gasteiger partial charge on any atom is 0.229 e. The van der Waals surface area contributed by atoms with Crippen molar-refractivity contribution in [3.8, 4) is 11.5 Å². The van der Waals surface area contributed by atoms with Gasteiger partial charge in [-0.05, 0) is 43.5 Å². The van der Waals surface area contributed by atoms with E-state index in [0.717, 1.165) is 73.1 Å². The van der Waals surface area contributed by atoms with E-state index in [2.05, 4.69) is 37.6 Å². The largest absolute Gasteiger partial charge is 0.436 e. The summed E-state index contributed by atoms with van der Waals surface area (Å²) in [4.78, 5) is 28.4. The van der Waals surface area contributed by atoms with Crippen LogP contribution < -0.4 is 15.5 Å². The number of nitrogens with one attached hydrogen (secondary N) is 2. The average Bonchev–Trinajstić information content (AvgIpc) is 3.67. The molecule has 0 bridgehead atoms. The van der Waals surface area contributed by atoms with Crippen molar-refractivity contribution in [1.29, 1.82) is 0 Å². The molecule has 2 aliphatic rings. The fraction of sp³-hybridized carbons (Fsp3) is 0.360. The Labute approximate surface area is 196 Å². The van der Waals surface area contributed by atoms with Gasteiger partial charge in [0, 0.05) is 61.5 Å². The predicted molar refractivity (Wildman–Crippen MR) is 131 cm³/mol. The van der Waals surface area contributed by atoms with Gasteiger partial charge in [0.15, 0.2) is 5.58 Å². The number of pyridine rings is 2. The molecule has 174 valence electrons. The van der Waals surface area contributed by atoms with E-state index < -0.39 is 0 Å². The Kier molecular flexibility index (Phi) is 5.26. The Bertz CT molecular complexity index is 1370. The van der Waals surface area contributed by atoms with Crippen LogP contribution in [0.25, 0.3) is 33.3 Å². The molecule has 3 aromatic heterocycles. The summed E-state index contributed by atoms with van der Waals surface area (Å²) in [7, 11) is 1.82. The van der Waals surface area contributed by atoms with Gasteiger partial charge in [-0.3, -0.25) is 4.79 Å².